The van der Waals surface area contributed by atoms with E-state index in [0.29, 0.717) is 51.6 Å². The summed E-state index contributed by atoms with van der Waals surface area (Å²) in [5, 5.41) is 30.3. The predicted octanol–water partition coefficient (Wildman–Crippen LogP) is 3.78. The standard InChI is InChI=1S/C40H54N4O6/c1-4-29(2)40(43-37(47)19-12-24-45)22-23-44(39(40)49)35(21-20-30-13-7-5-8-14-30)38(48)42-34(26-31-15-9-6-10-16-31)36(46)28-41-27-32-17-11-18-33(25-32)50-3/h5-11,13-18,25,29,34-36,41,45-46H,4,12,19-24,26-28H2,1-3H3,(H,42,48)(H,43,47)/t29-,34-,35-,36+,40-/m0/s1. The molecule has 0 saturated carbocycles. The summed E-state index contributed by atoms with van der Waals surface area (Å²) in [5.74, 6) is -0.308. The number of hydrogen-bond donors (Lipinski definition) is 5. The molecule has 1 heterocycles. The van der Waals surface area contributed by atoms with E-state index in [2.05, 4.69) is 16.0 Å². The number of likely N-dealkylation sites (tertiary alicyclic amines) is 1. The van der Waals surface area contributed by atoms with Gasteiger partial charge in [0.2, 0.25) is 17.7 Å². The van der Waals surface area contributed by atoms with Gasteiger partial charge >= 0.3 is 0 Å². The molecule has 1 aliphatic heterocycles. The van der Waals surface area contributed by atoms with Gasteiger partial charge in [-0.15, -0.1) is 0 Å². The van der Waals surface area contributed by atoms with Crippen molar-refractivity contribution in [1.82, 2.24) is 20.9 Å². The molecule has 0 unspecified atom stereocenters. The van der Waals surface area contributed by atoms with Gasteiger partial charge in [0, 0.05) is 32.7 Å². The molecule has 0 spiro atoms. The molecule has 0 aliphatic carbocycles. The highest BCUT2D eigenvalue weighted by Crippen LogP contribution is 2.35. The zero-order chi connectivity index (χ0) is 35.9. The summed E-state index contributed by atoms with van der Waals surface area (Å²) in [7, 11) is 1.62. The number of nitrogens with zero attached hydrogens (tertiary/aromatic N) is 1. The van der Waals surface area contributed by atoms with Crippen LogP contribution in [0.5, 0.6) is 5.75 Å². The second-order valence-electron chi connectivity index (χ2n) is 13.3. The van der Waals surface area contributed by atoms with E-state index < -0.39 is 23.7 Å². The maximum atomic E-state index is 14.4. The molecule has 4 rings (SSSR count). The number of benzene rings is 3. The highest BCUT2D eigenvalue weighted by Gasteiger charge is 2.53. The lowest BCUT2D eigenvalue weighted by molar-refractivity contribution is -0.144. The maximum absolute atomic E-state index is 14.4. The van der Waals surface area contributed by atoms with Gasteiger partial charge in [-0.05, 0) is 66.8 Å². The Labute approximate surface area is 296 Å². The molecule has 3 amide bonds. The van der Waals surface area contributed by atoms with Crippen molar-refractivity contribution in [3.63, 3.8) is 0 Å². The van der Waals surface area contributed by atoms with Crippen molar-refractivity contribution in [3.8, 4) is 5.75 Å². The fraction of sp³-hybridized carbons (Fsp3) is 0.475. The van der Waals surface area contributed by atoms with Crippen molar-refractivity contribution in [2.24, 2.45) is 5.92 Å². The van der Waals surface area contributed by atoms with Crippen LogP contribution in [-0.4, -0.2) is 83.4 Å². The van der Waals surface area contributed by atoms with E-state index >= 15 is 0 Å². The van der Waals surface area contributed by atoms with Crippen molar-refractivity contribution in [1.29, 1.82) is 0 Å². The van der Waals surface area contributed by atoms with Gasteiger partial charge in [-0.25, -0.2) is 0 Å². The van der Waals surface area contributed by atoms with E-state index in [-0.39, 0.29) is 43.2 Å². The zero-order valence-electron chi connectivity index (χ0n) is 29.6. The van der Waals surface area contributed by atoms with E-state index in [1.54, 1.807) is 12.0 Å². The Morgan fingerprint density at radius 2 is 1.66 bits per heavy atom. The second kappa shape index (κ2) is 19.2. The number of aliphatic hydroxyl groups is 2. The van der Waals surface area contributed by atoms with Crippen LogP contribution in [0, 0.1) is 5.92 Å². The molecule has 1 fully saturated rings. The lowest BCUT2D eigenvalue weighted by atomic mass is 9.81. The summed E-state index contributed by atoms with van der Waals surface area (Å²) in [6.45, 7) is 4.87. The Balaban J connectivity index is 1.57. The number of methoxy groups -OCH3 is 1. The van der Waals surface area contributed by atoms with Crippen LogP contribution in [0.15, 0.2) is 84.9 Å². The number of carbonyl (C=O) groups is 3. The third-order valence-corrected chi connectivity index (χ3v) is 9.90. The van der Waals surface area contributed by atoms with Crippen LogP contribution in [0.1, 0.15) is 62.6 Å². The number of rotatable bonds is 20. The van der Waals surface area contributed by atoms with Crippen LogP contribution in [0.3, 0.4) is 0 Å². The van der Waals surface area contributed by atoms with Crippen molar-refractivity contribution >= 4 is 17.7 Å². The Hall–Kier alpha value is -4.25. The Kier molecular flexibility index (Phi) is 14.8. The fourth-order valence-corrected chi connectivity index (χ4v) is 6.75. The Morgan fingerprint density at radius 3 is 2.32 bits per heavy atom. The highest BCUT2D eigenvalue weighted by atomic mass is 16.5. The first kappa shape index (κ1) is 38.6. The SMILES string of the molecule is CC[C@H](C)[C@@]1(NC(=O)CCCO)CCN([C@@H](CCc2ccccc2)C(=O)N[C@@H](Cc2ccccc2)[C@H](O)CNCc2cccc(OC)c2)C1=O. The number of aryl methyl sites for hydroxylation is 1. The number of amides is 3. The van der Waals surface area contributed by atoms with Crippen LogP contribution in [0.4, 0.5) is 0 Å². The van der Waals surface area contributed by atoms with Gasteiger partial charge in [0.25, 0.3) is 0 Å². The predicted molar refractivity (Wildman–Crippen MR) is 194 cm³/mol. The molecule has 0 bridgehead atoms. The van der Waals surface area contributed by atoms with Gasteiger partial charge in [-0.2, -0.15) is 0 Å². The molecule has 10 nitrogen and oxygen atoms in total. The van der Waals surface area contributed by atoms with Gasteiger partial charge in [0.1, 0.15) is 17.3 Å². The first-order valence-corrected chi connectivity index (χ1v) is 17.8. The molecule has 10 heteroatoms. The molecule has 3 aromatic carbocycles. The topological polar surface area (TPSA) is 140 Å². The molecule has 1 saturated heterocycles. The average molecular weight is 687 g/mol. The summed E-state index contributed by atoms with van der Waals surface area (Å²) in [4.78, 5) is 43.4. The first-order valence-electron chi connectivity index (χ1n) is 17.8. The summed E-state index contributed by atoms with van der Waals surface area (Å²) in [6.07, 6.45) is 1.87. The summed E-state index contributed by atoms with van der Waals surface area (Å²) >= 11 is 0. The van der Waals surface area contributed by atoms with Crippen LogP contribution < -0.4 is 20.7 Å². The normalized spacial score (nSPS) is 18.3. The van der Waals surface area contributed by atoms with E-state index in [0.717, 1.165) is 22.4 Å². The monoisotopic (exact) mass is 686 g/mol. The van der Waals surface area contributed by atoms with Crippen LogP contribution in [0.2, 0.25) is 0 Å². The number of hydrogen-bond acceptors (Lipinski definition) is 7. The van der Waals surface area contributed by atoms with Gasteiger partial charge in [-0.3, -0.25) is 14.4 Å². The largest absolute Gasteiger partial charge is 0.497 e. The molecular formula is C40H54N4O6. The van der Waals surface area contributed by atoms with Gasteiger partial charge in [0.15, 0.2) is 0 Å². The lowest BCUT2D eigenvalue weighted by Gasteiger charge is -2.36. The Bertz CT molecular complexity index is 1510. The van der Waals surface area contributed by atoms with Crippen molar-refractivity contribution in [3.05, 3.63) is 102 Å². The molecule has 0 radical (unpaired) electrons. The van der Waals surface area contributed by atoms with Crippen LogP contribution >= 0.6 is 0 Å². The summed E-state index contributed by atoms with van der Waals surface area (Å²) < 4.78 is 5.33. The molecule has 0 aromatic heterocycles. The number of ether oxygens (including phenoxy) is 1. The highest BCUT2D eigenvalue weighted by molar-refractivity contribution is 5.97. The minimum Gasteiger partial charge on any atom is -0.497 e. The molecule has 270 valence electrons. The van der Waals surface area contributed by atoms with E-state index in [1.165, 1.54) is 0 Å². The third kappa shape index (κ3) is 10.4. The van der Waals surface area contributed by atoms with Crippen LogP contribution in [-0.2, 0) is 33.8 Å². The maximum Gasteiger partial charge on any atom is 0.249 e. The average Bonchev–Trinajstić information content (AvgIpc) is 3.46. The summed E-state index contributed by atoms with van der Waals surface area (Å²) in [5.41, 5.74) is 1.87. The van der Waals surface area contributed by atoms with Gasteiger partial charge < -0.3 is 35.8 Å². The van der Waals surface area contributed by atoms with Crippen molar-refractivity contribution in [2.75, 3.05) is 26.8 Å². The second-order valence-corrected chi connectivity index (χ2v) is 13.3. The van der Waals surface area contributed by atoms with Gasteiger partial charge in [-0.1, -0.05) is 93.1 Å². The smallest absolute Gasteiger partial charge is 0.249 e. The summed E-state index contributed by atoms with van der Waals surface area (Å²) in [6, 6.07) is 25.8. The third-order valence-electron chi connectivity index (χ3n) is 9.90. The van der Waals surface area contributed by atoms with Crippen LogP contribution in [0.25, 0.3) is 0 Å². The molecular weight excluding hydrogens is 632 g/mol. The molecule has 5 atom stereocenters. The minimum atomic E-state index is -1.14. The number of carbonyl (C=O) groups excluding carboxylic acids is 3. The number of nitrogens with one attached hydrogen (secondary N) is 3. The van der Waals surface area contributed by atoms with E-state index in [1.807, 2.05) is 98.8 Å². The minimum absolute atomic E-state index is 0.113. The Morgan fingerprint density at radius 1 is 0.980 bits per heavy atom. The van der Waals surface area contributed by atoms with Crippen molar-refractivity contribution in [2.45, 2.75) is 89.1 Å². The van der Waals surface area contributed by atoms with E-state index in [4.69, 9.17) is 4.74 Å². The first-order chi connectivity index (χ1) is 24.2. The molecule has 5 N–H and O–H groups in total. The molecule has 1 aliphatic rings. The molecule has 50 heavy (non-hydrogen) atoms. The van der Waals surface area contributed by atoms with Gasteiger partial charge in [0.05, 0.1) is 19.3 Å². The van der Waals surface area contributed by atoms with Crippen molar-refractivity contribution < 1.29 is 29.3 Å². The molecule has 3 aromatic rings. The zero-order valence-corrected chi connectivity index (χ0v) is 29.6. The lowest BCUT2D eigenvalue weighted by Crippen LogP contribution is -2.61. The van der Waals surface area contributed by atoms with E-state index in [9.17, 15) is 24.6 Å². The number of aliphatic hydroxyl groups excluding tert-OH is 2. The fourth-order valence-electron chi connectivity index (χ4n) is 6.75. The quantitative estimate of drug-likeness (QED) is 0.122.